The lowest BCUT2D eigenvalue weighted by molar-refractivity contribution is 0.251. The van der Waals surface area contributed by atoms with E-state index < -0.39 is 0 Å². The molecule has 1 aliphatic heterocycles. The zero-order chi connectivity index (χ0) is 11.8. The molecule has 1 aliphatic rings. The maximum absolute atomic E-state index is 13.9. The van der Waals surface area contributed by atoms with Gasteiger partial charge in [0.2, 0.25) is 0 Å². The van der Waals surface area contributed by atoms with E-state index in [0.29, 0.717) is 5.92 Å². The van der Waals surface area contributed by atoms with Gasteiger partial charge in [-0.1, -0.05) is 6.07 Å². The van der Waals surface area contributed by atoms with Crippen LogP contribution in [0.1, 0.15) is 24.3 Å². The zero-order valence-electron chi connectivity index (χ0n) is 10.0. The highest BCUT2D eigenvalue weighted by atomic mass is 19.1. The molecule has 0 spiro atoms. The molecule has 2 aromatic rings. The molecule has 17 heavy (non-hydrogen) atoms. The second-order valence-corrected chi connectivity index (χ2v) is 5.01. The van der Waals surface area contributed by atoms with Crippen molar-refractivity contribution in [2.75, 3.05) is 20.1 Å². The lowest BCUT2D eigenvalue weighted by Crippen LogP contribution is -2.30. The van der Waals surface area contributed by atoms with Crippen LogP contribution in [0.4, 0.5) is 4.39 Å². The van der Waals surface area contributed by atoms with Crippen molar-refractivity contribution in [3.63, 3.8) is 0 Å². The smallest absolute Gasteiger partial charge is 0.132 e. The van der Waals surface area contributed by atoms with E-state index in [1.807, 2.05) is 12.3 Å². The van der Waals surface area contributed by atoms with Crippen LogP contribution in [0.3, 0.4) is 0 Å². The number of likely N-dealkylation sites (tertiary alicyclic amines) is 1. The molecule has 1 aromatic heterocycles. The number of nitrogens with zero attached hydrogens (tertiary/aromatic N) is 1. The summed E-state index contributed by atoms with van der Waals surface area (Å²) < 4.78 is 13.9. The minimum atomic E-state index is -0.105. The average Bonchev–Trinajstić information content (AvgIpc) is 2.74. The molecule has 0 saturated carbocycles. The number of piperidine rings is 1. The van der Waals surface area contributed by atoms with Crippen molar-refractivity contribution in [3.8, 4) is 0 Å². The number of hydrogen-bond acceptors (Lipinski definition) is 1. The van der Waals surface area contributed by atoms with Gasteiger partial charge in [0.05, 0.1) is 0 Å². The lowest BCUT2D eigenvalue weighted by Gasteiger charge is -2.29. The molecule has 3 heteroatoms. The van der Waals surface area contributed by atoms with Crippen molar-refractivity contribution in [2.24, 2.45) is 0 Å². The fraction of sp³-hybridized carbons (Fsp3) is 0.429. The van der Waals surface area contributed by atoms with Crippen LogP contribution in [0.15, 0.2) is 24.4 Å². The molecule has 1 unspecified atom stereocenters. The number of aromatic amines is 1. The van der Waals surface area contributed by atoms with E-state index in [1.165, 1.54) is 6.42 Å². The third-order valence-electron chi connectivity index (χ3n) is 3.75. The molecule has 2 heterocycles. The van der Waals surface area contributed by atoms with Gasteiger partial charge in [-0.3, -0.25) is 0 Å². The fourth-order valence-electron chi connectivity index (χ4n) is 2.91. The zero-order valence-corrected chi connectivity index (χ0v) is 10.0. The Hall–Kier alpha value is -1.35. The number of benzene rings is 1. The van der Waals surface area contributed by atoms with Crippen molar-refractivity contribution < 1.29 is 4.39 Å². The standard InChI is InChI=1S/C14H17FN2/c1-17-7-3-4-10(9-17)11-8-16-13-6-2-5-12(15)14(11)13/h2,5-6,8,10,16H,3-4,7,9H2,1H3. The quantitative estimate of drug-likeness (QED) is 0.800. The molecule has 0 bridgehead atoms. The minimum Gasteiger partial charge on any atom is -0.361 e. The van der Waals surface area contributed by atoms with E-state index in [1.54, 1.807) is 12.1 Å². The molecule has 0 aliphatic carbocycles. The Kier molecular flexibility index (Phi) is 2.63. The second kappa shape index (κ2) is 4.15. The summed E-state index contributed by atoms with van der Waals surface area (Å²) in [6.07, 6.45) is 4.34. The Balaban J connectivity index is 2.05. The van der Waals surface area contributed by atoms with Crippen molar-refractivity contribution in [1.29, 1.82) is 0 Å². The van der Waals surface area contributed by atoms with Gasteiger partial charge in [0.25, 0.3) is 0 Å². The third kappa shape index (κ3) is 1.84. The Morgan fingerprint density at radius 1 is 1.41 bits per heavy atom. The van der Waals surface area contributed by atoms with E-state index in [-0.39, 0.29) is 5.82 Å². The monoisotopic (exact) mass is 232 g/mol. The highest BCUT2D eigenvalue weighted by Crippen LogP contribution is 2.32. The van der Waals surface area contributed by atoms with Crippen LogP contribution in [0.5, 0.6) is 0 Å². The van der Waals surface area contributed by atoms with Crippen LogP contribution in [0.2, 0.25) is 0 Å². The van der Waals surface area contributed by atoms with Crippen molar-refractivity contribution in [3.05, 3.63) is 35.8 Å². The first kappa shape index (κ1) is 10.8. The molecular formula is C14H17FN2. The summed E-state index contributed by atoms with van der Waals surface area (Å²) in [7, 11) is 2.14. The highest BCUT2D eigenvalue weighted by Gasteiger charge is 2.22. The Labute approximate surface area is 100 Å². The number of aromatic nitrogens is 1. The average molecular weight is 232 g/mol. The van der Waals surface area contributed by atoms with Gasteiger partial charge in [-0.05, 0) is 50.0 Å². The number of rotatable bonds is 1. The van der Waals surface area contributed by atoms with E-state index in [2.05, 4.69) is 16.9 Å². The molecule has 1 atom stereocenters. The normalized spacial score (nSPS) is 22.1. The Morgan fingerprint density at radius 2 is 2.29 bits per heavy atom. The molecule has 1 fully saturated rings. The summed E-state index contributed by atoms with van der Waals surface area (Å²) >= 11 is 0. The SMILES string of the molecule is CN1CCCC(c2c[nH]c3cccc(F)c23)C1. The number of hydrogen-bond donors (Lipinski definition) is 1. The molecular weight excluding hydrogens is 215 g/mol. The Morgan fingerprint density at radius 3 is 3.12 bits per heavy atom. The lowest BCUT2D eigenvalue weighted by atomic mass is 9.90. The predicted octanol–water partition coefficient (Wildman–Crippen LogP) is 3.12. The molecule has 90 valence electrons. The van der Waals surface area contributed by atoms with Crippen molar-refractivity contribution in [2.45, 2.75) is 18.8 Å². The third-order valence-corrected chi connectivity index (χ3v) is 3.75. The van der Waals surface area contributed by atoms with Gasteiger partial charge in [0, 0.05) is 23.6 Å². The second-order valence-electron chi connectivity index (χ2n) is 5.01. The maximum atomic E-state index is 13.9. The van der Waals surface area contributed by atoms with E-state index >= 15 is 0 Å². The number of H-pyrrole nitrogens is 1. The molecule has 3 rings (SSSR count). The summed E-state index contributed by atoms with van der Waals surface area (Å²) in [5, 5.41) is 0.785. The predicted molar refractivity (Wildman–Crippen MR) is 67.7 cm³/mol. The molecule has 1 saturated heterocycles. The number of fused-ring (bicyclic) bond motifs is 1. The van der Waals surface area contributed by atoms with E-state index in [9.17, 15) is 4.39 Å². The summed E-state index contributed by atoms with van der Waals surface area (Å²) in [6.45, 7) is 2.18. The molecule has 1 N–H and O–H groups in total. The van der Waals surface area contributed by atoms with E-state index in [0.717, 1.165) is 36.0 Å². The highest BCUT2D eigenvalue weighted by molar-refractivity contribution is 5.84. The Bertz CT molecular complexity index is 532. The van der Waals surface area contributed by atoms with Crippen LogP contribution in [-0.4, -0.2) is 30.0 Å². The van der Waals surface area contributed by atoms with Gasteiger partial charge in [0.1, 0.15) is 5.82 Å². The summed E-state index contributed by atoms with van der Waals surface area (Å²) in [4.78, 5) is 5.51. The number of likely N-dealkylation sites (N-methyl/N-ethyl adjacent to an activating group) is 1. The summed E-state index contributed by atoms with van der Waals surface area (Å²) in [5.74, 6) is 0.353. The maximum Gasteiger partial charge on any atom is 0.132 e. The first-order valence-corrected chi connectivity index (χ1v) is 6.20. The summed E-state index contributed by atoms with van der Waals surface area (Å²) in [6, 6.07) is 5.24. The van der Waals surface area contributed by atoms with Gasteiger partial charge in [-0.25, -0.2) is 4.39 Å². The number of halogens is 1. The largest absolute Gasteiger partial charge is 0.361 e. The van der Waals surface area contributed by atoms with Gasteiger partial charge in [-0.15, -0.1) is 0 Å². The van der Waals surface area contributed by atoms with Gasteiger partial charge in [0.15, 0.2) is 0 Å². The number of nitrogens with one attached hydrogen (secondary N) is 1. The first-order valence-electron chi connectivity index (χ1n) is 6.20. The van der Waals surface area contributed by atoms with E-state index in [4.69, 9.17) is 0 Å². The molecule has 0 radical (unpaired) electrons. The molecule has 1 aromatic carbocycles. The van der Waals surface area contributed by atoms with Crippen LogP contribution >= 0.6 is 0 Å². The molecule has 0 amide bonds. The fourth-order valence-corrected chi connectivity index (χ4v) is 2.91. The topological polar surface area (TPSA) is 19.0 Å². The van der Waals surface area contributed by atoms with Gasteiger partial charge >= 0.3 is 0 Å². The first-order chi connectivity index (χ1) is 8.25. The van der Waals surface area contributed by atoms with Crippen LogP contribution in [0, 0.1) is 5.82 Å². The summed E-state index contributed by atoms with van der Waals surface area (Å²) in [5.41, 5.74) is 2.05. The molecule has 2 nitrogen and oxygen atoms in total. The van der Waals surface area contributed by atoms with Crippen molar-refractivity contribution in [1.82, 2.24) is 9.88 Å². The van der Waals surface area contributed by atoms with Crippen LogP contribution in [0.25, 0.3) is 10.9 Å². The van der Waals surface area contributed by atoms with Gasteiger partial charge in [-0.2, -0.15) is 0 Å². The van der Waals surface area contributed by atoms with Crippen molar-refractivity contribution >= 4 is 10.9 Å². The minimum absolute atomic E-state index is 0.105. The van der Waals surface area contributed by atoms with Crippen LogP contribution < -0.4 is 0 Å². The van der Waals surface area contributed by atoms with Crippen LogP contribution in [-0.2, 0) is 0 Å². The van der Waals surface area contributed by atoms with Gasteiger partial charge < -0.3 is 9.88 Å².